The number of hydrogen-bond donors (Lipinski definition) is 2. The van der Waals surface area contributed by atoms with Gasteiger partial charge in [0, 0.05) is 24.3 Å². The summed E-state index contributed by atoms with van der Waals surface area (Å²) < 4.78 is 15.7. The lowest BCUT2D eigenvalue weighted by Gasteiger charge is -2.10. The summed E-state index contributed by atoms with van der Waals surface area (Å²) in [6.45, 7) is 0. The summed E-state index contributed by atoms with van der Waals surface area (Å²) in [5, 5.41) is 2.85. The summed E-state index contributed by atoms with van der Waals surface area (Å²) in [6.07, 6.45) is 7.27. The number of nitrogens with one attached hydrogen (secondary N) is 1. The Bertz CT molecular complexity index is 818. The SMILES string of the molecule is NC(=O)c1cncnc1Nc1ccc(-n2ccnc2)c(F)c1. The highest BCUT2D eigenvalue weighted by atomic mass is 19.1. The van der Waals surface area contributed by atoms with Crippen LogP contribution in [0.15, 0.2) is 49.4 Å². The van der Waals surface area contributed by atoms with Gasteiger partial charge in [-0.2, -0.15) is 0 Å². The highest BCUT2D eigenvalue weighted by Crippen LogP contribution is 2.22. The van der Waals surface area contributed by atoms with E-state index in [0.29, 0.717) is 11.4 Å². The van der Waals surface area contributed by atoms with E-state index >= 15 is 0 Å². The molecule has 2 aromatic heterocycles. The maximum atomic E-state index is 14.2. The van der Waals surface area contributed by atoms with Crippen molar-refractivity contribution >= 4 is 17.4 Å². The van der Waals surface area contributed by atoms with Crippen LogP contribution in [0.1, 0.15) is 10.4 Å². The molecule has 0 atom stereocenters. The topological polar surface area (TPSA) is 98.7 Å². The molecule has 2 heterocycles. The predicted molar refractivity (Wildman–Crippen MR) is 77.4 cm³/mol. The molecule has 3 rings (SSSR count). The number of carbonyl (C=O) groups is 1. The highest BCUT2D eigenvalue weighted by Gasteiger charge is 2.11. The van der Waals surface area contributed by atoms with Crippen molar-refractivity contribution in [2.45, 2.75) is 0 Å². The number of halogens is 1. The summed E-state index contributed by atoms with van der Waals surface area (Å²) in [5.41, 5.74) is 6.16. The lowest BCUT2D eigenvalue weighted by molar-refractivity contribution is 0.100. The van der Waals surface area contributed by atoms with Crippen LogP contribution in [0.4, 0.5) is 15.9 Å². The second kappa shape index (κ2) is 5.60. The molecule has 0 fully saturated rings. The molecule has 0 aliphatic rings. The molecule has 0 aliphatic heterocycles. The first-order valence-corrected chi connectivity index (χ1v) is 6.30. The lowest BCUT2D eigenvalue weighted by atomic mass is 10.2. The molecule has 0 unspecified atom stereocenters. The summed E-state index contributed by atoms with van der Waals surface area (Å²) in [6, 6.07) is 4.54. The quantitative estimate of drug-likeness (QED) is 0.763. The van der Waals surface area contributed by atoms with Gasteiger partial charge in [0.25, 0.3) is 5.91 Å². The van der Waals surface area contributed by atoms with E-state index in [0.717, 1.165) is 0 Å². The van der Waals surface area contributed by atoms with Crippen molar-refractivity contribution in [2.24, 2.45) is 5.73 Å². The summed E-state index contributed by atoms with van der Waals surface area (Å²) in [7, 11) is 0. The zero-order valence-corrected chi connectivity index (χ0v) is 11.3. The van der Waals surface area contributed by atoms with Crippen LogP contribution in [0.5, 0.6) is 0 Å². The first-order chi connectivity index (χ1) is 10.6. The van der Waals surface area contributed by atoms with Crippen molar-refractivity contribution < 1.29 is 9.18 Å². The molecule has 0 saturated heterocycles. The van der Waals surface area contributed by atoms with Gasteiger partial charge in [-0.3, -0.25) is 4.79 Å². The third kappa shape index (κ3) is 2.62. The minimum Gasteiger partial charge on any atom is -0.365 e. The summed E-state index contributed by atoms with van der Waals surface area (Å²) in [5.74, 6) is -0.895. The van der Waals surface area contributed by atoms with Gasteiger partial charge in [-0.1, -0.05) is 0 Å². The van der Waals surface area contributed by atoms with Gasteiger partial charge in [-0.05, 0) is 18.2 Å². The Morgan fingerprint density at radius 3 is 2.86 bits per heavy atom. The Kier molecular flexibility index (Phi) is 3.48. The number of nitrogens with zero attached hydrogens (tertiary/aromatic N) is 4. The number of primary amides is 1. The van der Waals surface area contributed by atoms with Crippen molar-refractivity contribution in [3.8, 4) is 5.69 Å². The first kappa shape index (κ1) is 13.7. The summed E-state index contributed by atoms with van der Waals surface area (Å²) >= 11 is 0. The zero-order valence-electron chi connectivity index (χ0n) is 11.3. The number of nitrogens with two attached hydrogens (primary N) is 1. The van der Waals surface area contributed by atoms with Gasteiger partial charge < -0.3 is 15.6 Å². The third-order valence-corrected chi connectivity index (χ3v) is 2.97. The van der Waals surface area contributed by atoms with Gasteiger partial charge in [0.2, 0.25) is 0 Å². The van der Waals surface area contributed by atoms with Gasteiger partial charge in [-0.25, -0.2) is 19.3 Å². The number of benzene rings is 1. The molecule has 0 saturated carbocycles. The van der Waals surface area contributed by atoms with Crippen molar-refractivity contribution in [1.29, 1.82) is 0 Å². The van der Waals surface area contributed by atoms with Crippen LogP contribution in [0.3, 0.4) is 0 Å². The van der Waals surface area contributed by atoms with Crippen LogP contribution >= 0.6 is 0 Å². The molecule has 1 amide bonds. The zero-order chi connectivity index (χ0) is 15.5. The Hall–Kier alpha value is -3.29. The van der Waals surface area contributed by atoms with Crippen LogP contribution in [-0.2, 0) is 0 Å². The Balaban J connectivity index is 1.91. The molecule has 22 heavy (non-hydrogen) atoms. The number of amides is 1. The number of hydrogen-bond acceptors (Lipinski definition) is 5. The van der Waals surface area contributed by atoms with Crippen molar-refractivity contribution in [3.05, 3.63) is 60.8 Å². The molecule has 0 radical (unpaired) electrons. The average Bonchev–Trinajstić information content (AvgIpc) is 3.02. The van der Waals surface area contributed by atoms with E-state index in [9.17, 15) is 9.18 Å². The van der Waals surface area contributed by atoms with Gasteiger partial charge in [-0.15, -0.1) is 0 Å². The van der Waals surface area contributed by atoms with Crippen LogP contribution in [0.2, 0.25) is 0 Å². The number of aromatic nitrogens is 4. The molecule has 110 valence electrons. The average molecular weight is 298 g/mol. The van der Waals surface area contributed by atoms with Crippen LogP contribution in [0.25, 0.3) is 5.69 Å². The lowest BCUT2D eigenvalue weighted by Crippen LogP contribution is -2.14. The number of rotatable bonds is 4. The molecule has 1 aromatic carbocycles. The molecule has 3 N–H and O–H groups in total. The minimum atomic E-state index is -0.668. The van der Waals surface area contributed by atoms with Gasteiger partial charge >= 0.3 is 0 Å². The van der Waals surface area contributed by atoms with Crippen molar-refractivity contribution in [1.82, 2.24) is 19.5 Å². The van der Waals surface area contributed by atoms with Gasteiger partial charge in [0.15, 0.2) is 0 Å². The maximum Gasteiger partial charge on any atom is 0.254 e. The highest BCUT2D eigenvalue weighted by molar-refractivity contribution is 5.97. The second-order valence-electron chi connectivity index (χ2n) is 4.41. The van der Waals surface area contributed by atoms with E-state index in [-0.39, 0.29) is 11.4 Å². The van der Waals surface area contributed by atoms with Crippen LogP contribution in [0, 0.1) is 5.82 Å². The van der Waals surface area contributed by atoms with Crippen molar-refractivity contribution in [2.75, 3.05) is 5.32 Å². The fourth-order valence-electron chi connectivity index (χ4n) is 1.94. The van der Waals surface area contributed by atoms with E-state index in [1.54, 1.807) is 29.1 Å². The molecule has 0 spiro atoms. The Morgan fingerprint density at radius 2 is 2.18 bits per heavy atom. The van der Waals surface area contributed by atoms with Crippen molar-refractivity contribution in [3.63, 3.8) is 0 Å². The molecule has 7 nitrogen and oxygen atoms in total. The Labute approximate surface area is 124 Å². The van der Waals surface area contributed by atoms with Crippen LogP contribution < -0.4 is 11.1 Å². The fourth-order valence-corrected chi connectivity index (χ4v) is 1.94. The van der Waals surface area contributed by atoms with Gasteiger partial charge in [0.1, 0.15) is 23.5 Å². The molecule has 3 aromatic rings. The first-order valence-electron chi connectivity index (χ1n) is 6.30. The number of carbonyl (C=O) groups excluding carboxylic acids is 1. The maximum absolute atomic E-state index is 14.2. The van der Waals surface area contributed by atoms with E-state index < -0.39 is 11.7 Å². The molecule has 8 heteroatoms. The van der Waals surface area contributed by atoms with Gasteiger partial charge in [0.05, 0.1) is 12.0 Å². The fraction of sp³-hybridized carbons (Fsp3) is 0. The number of imidazole rings is 1. The second-order valence-corrected chi connectivity index (χ2v) is 4.41. The third-order valence-electron chi connectivity index (χ3n) is 2.97. The van der Waals surface area contributed by atoms with E-state index in [1.807, 2.05) is 0 Å². The molecule has 0 bridgehead atoms. The number of anilines is 2. The largest absolute Gasteiger partial charge is 0.365 e. The Morgan fingerprint density at radius 1 is 1.32 bits per heavy atom. The molecular formula is C14H11FN6O. The van der Waals surface area contributed by atoms with E-state index in [4.69, 9.17) is 5.73 Å². The smallest absolute Gasteiger partial charge is 0.254 e. The molecule has 0 aliphatic carbocycles. The molecular weight excluding hydrogens is 287 g/mol. The minimum absolute atomic E-state index is 0.126. The predicted octanol–water partition coefficient (Wildman–Crippen LogP) is 1.64. The summed E-state index contributed by atoms with van der Waals surface area (Å²) in [4.78, 5) is 22.9. The van der Waals surface area contributed by atoms with Crippen LogP contribution in [-0.4, -0.2) is 25.4 Å². The standard InChI is InChI=1S/C14H11FN6O/c15-11-5-9(1-2-12(11)21-4-3-17-8-21)20-14-10(13(16)22)6-18-7-19-14/h1-8H,(H2,16,22)(H,18,19,20). The normalized spacial score (nSPS) is 10.4. The monoisotopic (exact) mass is 298 g/mol. The van der Waals surface area contributed by atoms with E-state index in [2.05, 4.69) is 20.3 Å². The van der Waals surface area contributed by atoms with E-state index in [1.165, 1.54) is 24.9 Å².